The molecule has 0 heterocycles. The normalized spacial score (nSPS) is 0. The predicted molar refractivity (Wildman–Crippen MR) is 27.4 cm³/mol. The van der Waals surface area contributed by atoms with Gasteiger partial charge >= 0.3 is 45.5 Å². The van der Waals surface area contributed by atoms with Gasteiger partial charge in [-0.05, 0) is 0 Å². The molecule has 0 saturated heterocycles. The van der Waals surface area contributed by atoms with E-state index in [0.717, 1.165) is 0 Å². The van der Waals surface area contributed by atoms with Gasteiger partial charge < -0.3 is 80.8 Å². The summed E-state index contributed by atoms with van der Waals surface area (Å²) in [5.74, 6) is 0. The number of halogens is 2. The summed E-state index contributed by atoms with van der Waals surface area (Å²) < 4.78 is 0. The van der Waals surface area contributed by atoms with Gasteiger partial charge in [0.15, 0.2) is 0 Å². The van der Waals surface area contributed by atoms with Crippen molar-refractivity contribution in [2.24, 2.45) is 0 Å². The Bertz CT molecular complexity index is 11.0. The summed E-state index contributed by atoms with van der Waals surface area (Å²) in [6.45, 7) is 0. The van der Waals surface area contributed by atoms with Crippen molar-refractivity contribution in [2.45, 2.75) is 0 Å². The van der Waals surface area contributed by atoms with E-state index in [2.05, 4.69) is 0 Å². The van der Waals surface area contributed by atoms with Crippen LogP contribution in [0.4, 0.5) is 0 Å². The molecule has 0 aliphatic heterocycles. The molecule has 0 aliphatic rings. The molecule has 0 fully saturated rings. The Morgan fingerprint density at radius 3 is 0.333 bits per heavy atom. The van der Waals surface area contributed by atoms with Crippen LogP contribution >= 0.6 is 0 Å². The molecule has 0 radical (unpaired) electrons. The van der Waals surface area contributed by atoms with E-state index in [0.29, 0.717) is 0 Å². The van der Waals surface area contributed by atoms with Gasteiger partial charge in [0.2, 0.25) is 0 Å². The van der Waals surface area contributed by atoms with E-state index in [9.17, 15) is 0 Å². The van der Waals surface area contributed by atoms with Crippen LogP contribution in [0.3, 0.4) is 0 Å². The molecule has 0 bridgehead atoms. The number of hydrogen-bond acceptors (Lipinski definition) is 0. The summed E-state index contributed by atoms with van der Waals surface area (Å²) in [4.78, 5) is 0. The third-order valence-corrected chi connectivity index (χ3v) is 0. The fourth-order valence-electron chi connectivity index (χ4n) is 0. The molecule has 6 nitrogen and oxygen atoms in total. The monoisotopic (exact) mass is 450 g/mol. The van der Waals surface area contributed by atoms with Crippen LogP contribution in [0, 0.1) is 0 Å². The van der Waals surface area contributed by atoms with E-state index in [1.165, 1.54) is 0 Å². The van der Waals surface area contributed by atoms with Gasteiger partial charge in [-0.3, -0.25) is 0 Å². The van der Waals surface area contributed by atoms with Crippen LogP contribution in [-0.2, 0) is 0 Å². The van der Waals surface area contributed by atoms with E-state index in [-0.39, 0.29) is 126 Å². The zero-order valence-corrected chi connectivity index (χ0v) is 12.3. The van der Waals surface area contributed by atoms with E-state index in [4.69, 9.17) is 0 Å². The van der Waals surface area contributed by atoms with Crippen LogP contribution in [-0.4, -0.2) is 78.3 Å². The molecule has 0 saturated carbocycles. The van der Waals surface area contributed by atoms with E-state index < -0.39 is 0 Å². The molecule has 0 aromatic rings. The topological polar surface area (TPSA) is 189 Å². The molecule has 0 aromatic carbocycles. The Labute approximate surface area is 124 Å². The van der Waals surface area contributed by atoms with Crippen molar-refractivity contribution in [3.05, 3.63) is 0 Å². The van der Waals surface area contributed by atoms with Gasteiger partial charge in [0.05, 0.1) is 0 Å². The van der Waals surface area contributed by atoms with E-state index in [1.54, 1.807) is 0 Å². The summed E-state index contributed by atoms with van der Waals surface area (Å²) in [5.41, 5.74) is 0. The molecule has 0 rings (SSSR count). The molecule has 0 aromatic heterocycles. The van der Waals surface area contributed by atoms with Crippen molar-refractivity contribution in [3.8, 4) is 0 Å². The molecular weight excluding hydrogens is 437 g/mol. The maximum absolute atomic E-state index is 0. The van der Waals surface area contributed by atoms with Gasteiger partial charge in [-0.2, -0.15) is 0 Å². The fourth-order valence-corrected chi connectivity index (χ4v) is 0. The molecular formula is H12I2O6Sr. The summed E-state index contributed by atoms with van der Waals surface area (Å²) in [7, 11) is 0. The first kappa shape index (κ1) is 184. The summed E-state index contributed by atoms with van der Waals surface area (Å²) in [5, 5.41) is 0. The van der Waals surface area contributed by atoms with E-state index in [1.807, 2.05) is 0 Å². The van der Waals surface area contributed by atoms with Gasteiger partial charge in [-0.15, -0.1) is 0 Å². The van der Waals surface area contributed by atoms with E-state index >= 15 is 0 Å². The fraction of sp³-hybridized carbons (Fsp3) is 0. The first-order chi connectivity index (χ1) is 0. The van der Waals surface area contributed by atoms with Crippen LogP contribution in [0.25, 0.3) is 0 Å². The second-order valence-electron chi connectivity index (χ2n) is 0. The minimum absolute atomic E-state index is 0. The smallest absolute Gasteiger partial charge is 1.00 e. The molecule has 0 aliphatic carbocycles. The van der Waals surface area contributed by atoms with Gasteiger partial charge in [0.1, 0.15) is 0 Å². The van der Waals surface area contributed by atoms with Crippen LogP contribution in [0.1, 0.15) is 0 Å². The third kappa shape index (κ3) is 111. The Balaban J connectivity index is 0. The van der Waals surface area contributed by atoms with Crippen molar-refractivity contribution in [1.29, 1.82) is 0 Å². The Morgan fingerprint density at radius 2 is 0.333 bits per heavy atom. The van der Waals surface area contributed by atoms with Crippen LogP contribution in [0.5, 0.6) is 0 Å². The zero-order valence-electron chi connectivity index (χ0n) is 4.46. The molecule has 9 heteroatoms. The number of rotatable bonds is 0. The number of hydrogen-bond donors (Lipinski definition) is 0. The minimum Gasteiger partial charge on any atom is -1.00 e. The summed E-state index contributed by atoms with van der Waals surface area (Å²) in [6.07, 6.45) is 0. The van der Waals surface area contributed by atoms with Crippen molar-refractivity contribution >= 4 is 45.5 Å². The second kappa shape index (κ2) is 138. The molecule has 0 amide bonds. The largest absolute Gasteiger partial charge is 2.00 e. The van der Waals surface area contributed by atoms with Crippen LogP contribution in [0.15, 0.2) is 0 Å². The molecule has 9 heavy (non-hydrogen) atoms. The third-order valence-electron chi connectivity index (χ3n) is 0. The van der Waals surface area contributed by atoms with Crippen molar-refractivity contribution in [3.63, 3.8) is 0 Å². The maximum atomic E-state index is 0. The van der Waals surface area contributed by atoms with Gasteiger partial charge in [0.25, 0.3) is 0 Å². The van der Waals surface area contributed by atoms with Crippen LogP contribution in [0.2, 0.25) is 0 Å². The van der Waals surface area contributed by atoms with Crippen LogP contribution < -0.4 is 48.0 Å². The second-order valence-corrected chi connectivity index (χ2v) is 0. The van der Waals surface area contributed by atoms with Crippen molar-refractivity contribution in [2.75, 3.05) is 0 Å². The quantitative estimate of drug-likeness (QED) is 0.251. The maximum Gasteiger partial charge on any atom is 2.00 e. The molecule has 0 atom stereocenters. The zero-order chi connectivity index (χ0) is 0. The minimum atomic E-state index is 0. The van der Waals surface area contributed by atoms with Crippen molar-refractivity contribution in [1.82, 2.24) is 0 Å². The van der Waals surface area contributed by atoms with Crippen molar-refractivity contribution < 1.29 is 80.8 Å². The average Bonchev–Trinajstić information content (AvgIpc) is 0. The molecule has 12 N–H and O–H groups in total. The molecule has 0 spiro atoms. The Morgan fingerprint density at radius 1 is 0.333 bits per heavy atom. The first-order valence-electron chi connectivity index (χ1n) is 0. The molecule has 0 unspecified atom stereocenters. The first-order valence-corrected chi connectivity index (χ1v) is 0. The Kier molecular flexibility index (Phi) is 2820. The summed E-state index contributed by atoms with van der Waals surface area (Å²) >= 11 is 0. The summed E-state index contributed by atoms with van der Waals surface area (Å²) in [6, 6.07) is 0. The standard InChI is InChI=1S/2HI.6H2O.Sr/h2*1H;6*1H2;/q;;;;;;;;+2/p-2. The predicted octanol–water partition coefficient (Wildman–Crippen LogP) is -11.3. The Hall–Kier alpha value is 2.70. The van der Waals surface area contributed by atoms with Gasteiger partial charge in [-0.1, -0.05) is 0 Å². The molecule has 64 valence electrons. The SMILES string of the molecule is O.O.O.O.O.O.[I-].[I-].[Sr+2]. The van der Waals surface area contributed by atoms with Gasteiger partial charge in [0, 0.05) is 0 Å². The average molecular weight is 450 g/mol. The van der Waals surface area contributed by atoms with Gasteiger partial charge in [-0.25, -0.2) is 0 Å².